The molecule has 2 aliphatic rings. The number of amides is 1. The van der Waals surface area contributed by atoms with E-state index in [4.69, 9.17) is 0 Å². The molecule has 5 atom stereocenters. The molecule has 0 saturated heterocycles. The Balaban J connectivity index is 2.26. The fourth-order valence-corrected chi connectivity index (χ4v) is 4.37. The third-order valence-electron chi connectivity index (χ3n) is 5.68. The number of nitrogens with one attached hydrogen (secondary N) is 1. The quantitative estimate of drug-likeness (QED) is 0.721. The summed E-state index contributed by atoms with van der Waals surface area (Å²) in [5.41, 5.74) is 0.378. The summed E-state index contributed by atoms with van der Waals surface area (Å²) in [5, 5.41) is 13.4. The maximum Gasteiger partial charge on any atom is 0.222 e. The highest BCUT2D eigenvalue weighted by molar-refractivity contribution is 5.94. The standard InChI is InChI=1S/C19H29NO3/c1-12-7-5-9-13(2)17-14(3)18(23)19(17,4)15(21)11-16(22)20-10-6-8-12/h5,7-8,13-15,17,21H,6,9-11H2,1-4H3,(H,20,22)/b7-5+,12-8-. The second kappa shape index (κ2) is 7.00. The van der Waals surface area contributed by atoms with Gasteiger partial charge < -0.3 is 10.4 Å². The molecule has 0 radical (unpaired) electrons. The van der Waals surface area contributed by atoms with Gasteiger partial charge in [-0.3, -0.25) is 9.59 Å². The number of Topliss-reactive ketones (excluding diaryl/α,β-unsaturated/α-hetero) is 1. The van der Waals surface area contributed by atoms with Crippen molar-refractivity contribution >= 4 is 11.7 Å². The first-order valence-corrected chi connectivity index (χ1v) is 8.60. The van der Waals surface area contributed by atoms with Crippen molar-refractivity contribution < 1.29 is 14.7 Å². The van der Waals surface area contributed by atoms with E-state index < -0.39 is 11.5 Å². The second-order valence-corrected chi connectivity index (χ2v) is 7.38. The summed E-state index contributed by atoms with van der Waals surface area (Å²) >= 11 is 0. The maximum absolute atomic E-state index is 12.5. The molecule has 0 spiro atoms. The molecule has 4 nitrogen and oxygen atoms in total. The third kappa shape index (κ3) is 3.42. The molecule has 0 bridgehead atoms. The van der Waals surface area contributed by atoms with Gasteiger partial charge in [0.2, 0.25) is 5.91 Å². The lowest BCUT2D eigenvalue weighted by Crippen LogP contribution is -2.63. The van der Waals surface area contributed by atoms with E-state index in [1.807, 2.05) is 13.8 Å². The van der Waals surface area contributed by atoms with Crippen LogP contribution in [0.2, 0.25) is 0 Å². The number of aliphatic hydroxyl groups is 1. The summed E-state index contributed by atoms with van der Waals surface area (Å²) in [4.78, 5) is 24.5. The second-order valence-electron chi connectivity index (χ2n) is 7.38. The molecule has 1 heterocycles. The zero-order chi connectivity index (χ0) is 17.2. The van der Waals surface area contributed by atoms with Crippen LogP contribution in [0, 0.1) is 23.2 Å². The largest absolute Gasteiger partial charge is 0.392 e. The summed E-state index contributed by atoms with van der Waals surface area (Å²) in [6.07, 6.45) is 7.08. The van der Waals surface area contributed by atoms with Gasteiger partial charge in [0, 0.05) is 12.5 Å². The number of hydrogen-bond donors (Lipinski definition) is 2. The minimum absolute atomic E-state index is 0.00326. The van der Waals surface area contributed by atoms with Gasteiger partial charge >= 0.3 is 0 Å². The highest BCUT2D eigenvalue weighted by Crippen LogP contribution is 2.54. The Hall–Kier alpha value is -1.42. The average Bonchev–Trinajstić information content (AvgIpc) is 2.50. The van der Waals surface area contributed by atoms with E-state index in [9.17, 15) is 14.7 Å². The molecule has 1 saturated carbocycles. The highest BCUT2D eigenvalue weighted by Gasteiger charge is 2.61. The number of aliphatic hydroxyl groups excluding tert-OH is 1. The predicted octanol–water partition coefficient (Wildman–Crippen LogP) is 2.63. The lowest BCUT2D eigenvalue weighted by Gasteiger charge is -2.55. The van der Waals surface area contributed by atoms with Gasteiger partial charge in [0.1, 0.15) is 5.78 Å². The Morgan fingerprint density at radius 3 is 2.70 bits per heavy atom. The number of ketones is 1. The van der Waals surface area contributed by atoms with Crippen molar-refractivity contribution in [3.05, 3.63) is 23.8 Å². The molecule has 1 aliphatic carbocycles. The fraction of sp³-hybridized carbons (Fsp3) is 0.684. The normalized spacial score (nSPS) is 43.3. The van der Waals surface area contributed by atoms with Crippen molar-refractivity contribution in [2.45, 2.75) is 53.1 Å². The van der Waals surface area contributed by atoms with Crippen LogP contribution < -0.4 is 5.32 Å². The Morgan fingerprint density at radius 1 is 1.30 bits per heavy atom. The monoisotopic (exact) mass is 319 g/mol. The van der Waals surface area contributed by atoms with Gasteiger partial charge in [-0.25, -0.2) is 0 Å². The van der Waals surface area contributed by atoms with Gasteiger partial charge in [-0.15, -0.1) is 0 Å². The molecule has 4 heteroatoms. The minimum atomic E-state index is -0.914. The van der Waals surface area contributed by atoms with Crippen LogP contribution >= 0.6 is 0 Å². The SMILES string of the molecule is CC1=C/CCNC(=O)CC(O)C2(C)C(=O)C(C)C2C(C)C\C=C\1. The summed E-state index contributed by atoms with van der Waals surface area (Å²) in [7, 11) is 0. The maximum atomic E-state index is 12.5. The van der Waals surface area contributed by atoms with E-state index in [1.165, 1.54) is 5.57 Å². The van der Waals surface area contributed by atoms with E-state index in [2.05, 4.69) is 37.4 Å². The summed E-state index contributed by atoms with van der Waals surface area (Å²) in [5.74, 6) is 0.246. The predicted molar refractivity (Wildman–Crippen MR) is 90.7 cm³/mol. The Bertz CT molecular complexity index is 537. The van der Waals surface area contributed by atoms with Gasteiger partial charge in [-0.05, 0) is 38.5 Å². The van der Waals surface area contributed by atoms with Crippen LogP contribution in [0.15, 0.2) is 23.8 Å². The summed E-state index contributed by atoms with van der Waals surface area (Å²) < 4.78 is 0. The first-order valence-electron chi connectivity index (χ1n) is 8.60. The smallest absolute Gasteiger partial charge is 0.222 e. The molecule has 2 N–H and O–H groups in total. The number of fused-ring (bicyclic) bond motifs is 1. The molecule has 0 aromatic rings. The van der Waals surface area contributed by atoms with Crippen molar-refractivity contribution in [2.24, 2.45) is 23.2 Å². The Kier molecular flexibility index (Phi) is 5.45. The van der Waals surface area contributed by atoms with Gasteiger partial charge in [0.05, 0.1) is 17.9 Å². The molecule has 2 rings (SSSR count). The van der Waals surface area contributed by atoms with Gasteiger partial charge in [-0.2, -0.15) is 0 Å². The van der Waals surface area contributed by atoms with Gasteiger partial charge in [0.15, 0.2) is 0 Å². The van der Waals surface area contributed by atoms with Crippen molar-refractivity contribution in [3.63, 3.8) is 0 Å². The molecule has 1 aliphatic heterocycles. The van der Waals surface area contributed by atoms with Crippen LogP contribution in [0.4, 0.5) is 0 Å². The number of hydrogen-bond acceptors (Lipinski definition) is 3. The van der Waals surface area contributed by atoms with Crippen molar-refractivity contribution in [3.8, 4) is 0 Å². The van der Waals surface area contributed by atoms with E-state index in [1.54, 1.807) is 0 Å². The first-order chi connectivity index (χ1) is 10.8. The van der Waals surface area contributed by atoms with Crippen LogP contribution in [-0.4, -0.2) is 29.4 Å². The van der Waals surface area contributed by atoms with E-state index in [0.717, 1.165) is 12.8 Å². The third-order valence-corrected chi connectivity index (χ3v) is 5.68. The highest BCUT2D eigenvalue weighted by atomic mass is 16.3. The van der Waals surface area contributed by atoms with Crippen LogP contribution in [0.1, 0.15) is 47.0 Å². The number of carbonyl (C=O) groups is 2. The molecule has 0 aromatic carbocycles. The fourth-order valence-electron chi connectivity index (χ4n) is 4.37. The molecule has 5 unspecified atom stereocenters. The summed E-state index contributed by atoms with van der Waals surface area (Å²) in [6.45, 7) is 8.51. The number of allylic oxidation sites excluding steroid dienone is 3. The molecule has 128 valence electrons. The van der Waals surface area contributed by atoms with E-state index >= 15 is 0 Å². The lowest BCUT2D eigenvalue weighted by molar-refractivity contribution is -0.175. The molecular formula is C19H29NO3. The molecule has 23 heavy (non-hydrogen) atoms. The zero-order valence-corrected chi connectivity index (χ0v) is 14.6. The average molecular weight is 319 g/mol. The molecule has 1 fully saturated rings. The molecular weight excluding hydrogens is 290 g/mol. The van der Waals surface area contributed by atoms with Crippen LogP contribution in [0.5, 0.6) is 0 Å². The number of carbonyl (C=O) groups excluding carboxylic acids is 2. The Morgan fingerprint density at radius 2 is 2.00 bits per heavy atom. The van der Waals surface area contributed by atoms with Gasteiger partial charge in [-0.1, -0.05) is 37.6 Å². The molecule has 0 aromatic heterocycles. The lowest BCUT2D eigenvalue weighted by atomic mass is 9.47. The van der Waals surface area contributed by atoms with Crippen molar-refractivity contribution in [1.82, 2.24) is 5.32 Å². The minimum Gasteiger partial charge on any atom is -0.392 e. The van der Waals surface area contributed by atoms with Crippen molar-refractivity contribution in [1.29, 1.82) is 0 Å². The molecule has 1 amide bonds. The van der Waals surface area contributed by atoms with Crippen LogP contribution in [0.25, 0.3) is 0 Å². The van der Waals surface area contributed by atoms with E-state index in [0.29, 0.717) is 6.54 Å². The van der Waals surface area contributed by atoms with Crippen LogP contribution in [-0.2, 0) is 9.59 Å². The summed E-state index contributed by atoms with van der Waals surface area (Å²) in [6, 6.07) is 0. The zero-order valence-electron chi connectivity index (χ0n) is 14.6. The van der Waals surface area contributed by atoms with Crippen molar-refractivity contribution in [2.75, 3.05) is 6.54 Å². The van der Waals surface area contributed by atoms with Gasteiger partial charge in [0.25, 0.3) is 0 Å². The van der Waals surface area contributed by atoms with Crippen LogP contribution in [0.3, 0.4) is 0 Å². The van der Waals surface area contributed by atoms with E-state index in [-0.39, 0.29) is 35.9 Å². The first kappa shape index (κ1) is 17.9. The Labute approximate surface area is 139 Å². The number of rotatable bonds is 0. The topological polar surface area (TPSA) is 66.4 Å².